The molecule has 1 aliphatic heterocycles. The highest BCUT2D eigenvalue weighted by molar-refractivity contribution is 5.93. The third-order valence-electron chi connectivity index (χ3n) is 4.36. The summed E-state index contributed by atoms with van der Waals surface area (Å²) in [6.07, 6.45) is 2.29. The van der Waals surface area contributed by atoms with Crippen LogP contribution in [0.5, 0.6) is 0 Å². The van der Waals surface area contributed by atoms with Crippen molar-refractivity contribution >= 4 is 16.6 Å². The van der Waals surface area contributed by atoms with Crippen LogP contribution in [0.3, 0.4) is 0 Å². The predicted molar refractivity (Wildman–Crippen MR) is 87.7 cm³/mol. The van der Waals surface area contributed by atoms with Crippen molar-refractivity contribution in [1.82, 2.24) is 15.5 Å². The molecule has 0 spiro atoms. The maximum absolute atomic E-state index is 9.39. The van der Waals surface area contributed by atoms with Crippen LogP contribution in [0.15, 0.2) is 24.3 Å². The lowest BCUT2D eigenvalue weighted by atomic mass is 9.96. The van der Waals surface area contributed by atoms with Gasteiger partial charge in [0.2, 0.25) is 0 Å². The molecule has 1 aliphatic rings. The van der Waals surface area contributed by atoms with Gasteiger partial charge in [-0.3, -0.25) is 0 Å². The van der Waals surface area contributed by atoms with Crippen LogP contribution in [0, 0.1) is 17.2 Å². The summed E-state index contributed by atoms with van der Waals surface area (Å²) in [6.45, 7) is 6.20. The number of fused-ring (bicyclic) bond motifs is 1. The van der Waals surface area contributed by atoms with Gasteiger partial charge in [-0.05, 0) is 37.9 Å². The SMILES string of the molecule is CCNCC1CCN(c2c(C#N)nnc3ccccc23)CC1. The van der Waals surface area contributed by atoms with E-state index < -0.39 is 0 Å². The number of nitrogens with zero attached hydrogens (tertiary/aromatic N) is 4. The Morgan fingerprint density at radius 3 is 2.77 bits per heavy atom. The number of nitrogens with one attached hydrogen (secondary N) is 1. The summed E-state index contributed by atoms with van der Waals surface area (Å²) in [7, 11) is 0. The third-order valence-corrected chi connectivity index (χ3v) is 4.36. The van der Waals surface area contributed by atoms with Gasteiger partial charge in [0.05, 0.1) is 11.2 Å². The lowest BCUT2D eigenvalue weighted by Gasteiger charge is -2.34. The zero-order valence-corrected chi connectivity index (χ0v) is 12.9. The van der Waals surface area contributed by atoms with Crippen LogP contribution in [0.4, 0.5) is 5.69 Å². The molecule has 1 N–H and O–H groups in total. The van der Waals surface area contributed by atoms with Gasteiger partial charge in [-0.2, -0.15) is 5.26 Å². The first kappa shape index (κ1) is 14.7. The molecule has 0 aliphatic carbocycles. The molecule has 1 aromatic carbocycles. The normalized spacial score (nSPS) is 15.9. The minimum absolute atomic E-state index is 0.434. The summed E-state index contributed by atoms with van der Waals surface area (Å²) in [5.74, 6) is 0.725. The van der Waals surface area contributed by atoms with Crippen molar-refractivity contribution in [2.75, 3.05) is 31.1 Å². The average molecular weight is 295 g/mol. The van der Waals surface area contributed by atoms with Gasteiger partial charge in [-0.15, -0.1) is 10.2 Å². The summed E-state index contributed by atoms with van der Waals surface area (Å²) < 4.78 is 0. The quantitative estimate of drug-likeness (QED) is 0.938. The zero-order chi connectivity index (χ0) is 15.4. The largest absolute Gasteiger partial charge is 0.369 e. The maximum atomic E-state index is 9.39. The number of hydrogen-bond donors (Lipinski definition) is 1. The molecular formula is C17H21N5. The van der Waals surface area contributed by atoms with E-state index in [1.54, 1.807) is 0 Å². The van der Waals surface area contributed by atoms with Crippen molar-refractivity contribution in [1.29, 1.82) is 5.26 Å². The fourth-order valence-corrected chi connectivity index (χ4v) is 3.14. The van der Waals surface area contributed by atoms with Crippen molar-refractivity contribution in [3.05, 3.63) is 30.0 Å². The summed E-state index contributed by atoms with van der Waals surface area (Å²) in [4.78, 5) is 2.30. The number of anilines is 1. The molecule has 0 unspecified atom stereocenters. The molecule has 114 valence electrons. The van der Waals surface area contributed by atoms with Gasteiger partial charge in [-0.1, -0.05) is 25.1 Å². The molecule has 2 aromatic rings. The fraction of sp³-hybridized carbons (Fsp3) is 0.471. The minimum atomic E-state index is 0.434. The Morgan fingerprint density at radius 1 is 1.27 bits per heavy atom. The molecule has 1 saturated heterocycles. The second-order valence-corrected chi connectivity index (χ2v) is 5.76. The van der Waals surface area contributed by atoms with E-state index in [4.69, 9.17) is 0 Å². The Balaban J connectivity index is 1.86. The molecule has 5 heteroatoms. The number of benzene rings is 1. The van der Waals surface area contributed by atoms with E-state index in [0.717, 1.165) is 61.5 Å². The number of aromatic nitrogens is 2. The fourth-order valence-electron chi connectivity index (χ4n) is 3.14. The van der Waals surface area contributed by atoms with Gasteiger partial charge in [0.15, 0.2) is 5.69 Å². The van der Waals surface area contributed by atoms with Crippen molar-refractivity contribution in [3.63, 3.8) is 0 Å². The maximum Gasteiger partial charge on any atom is 0.187 e. The second-order valence-electron chi connectivity index (χ2n) is 5.76. The van der Waals surface area contributed by atoms with Crippen LogP contribution in [-0.4, -0.2) is 36.4 Å². The van der Waals surface area contributed by atoms with Gasteiger partial charge in [-0.25, -0.2) is 0 Å². The average Bonchev–Trinajstić information content (AvgIpc) is 2.59. The van der Waals surface area contributed by atoms with Crippen LogP contribution < -0.4 is 10.2 Å². The molecule has 22 heavy (non-hydrogen) atoms. The van der Waals surface area contributed by atoms with Crippen LogP contribution in [0.1, 0.15) is 25.5 Å². The number of rotatable bonds is 4. The monoisotopic (exact) mass is 295 g/mol. The van der Waals surface area contributed by atoms with E-state index in [0.29, 0.717) is 5.69 Å². The Hall–Kier alpha value is -2.19. The zero-order valence-electron chi connectivity index (χ0n) is 12.9. The lowest BCUT2D eigenvalue weighted by molar-refractivity contribution is 0.386. The van der Waals surface area contributed by atoms with E-state index >= 15 is 0 Å². The summed E-state index contributed by atoms with van der Waals surface area (Å²) >= 11 is 0. The first-order chi connectivity index (χ1) is 10.8. The van der Waals surface area contributed by atoms with Crippen LogP contribution in [-0.2, 0) is 0 Å². The molecule has 1 fully saturated rings. The molecular weight excluding hydrogens is 274 g/mol. The highest BCUT2D eigenvalue weighted by Crippen LogP contribution is 2.31. The summed E-state index contributed by atoms with van der Waals surface area (Å²) in [5.41, 5.74) is 2.24. The van der Waals surface area contributed by atoms with E-state index in [9.17, 15) is 5.26 Å². The van der Waals surface area contributed by atoms with Crippen LogP contribution >= 0.6 is 0 Å². The molecule has 3 rings (SSSR count). The van der Waals surface area contributed by atoms with Gasteiger partial charge in [0, 0.05) is 18.5 Å². The molecule has 2 heterocycles. The predicted octanol–water partition coefficient (Wildman–Crippen LogP) is 2.33. The number of hydrogen-bond acceptors (Lipinski definition) is 5. The summed E-state index contributed by atoms with van der Waals surface area (Å²) in [5, 5.41) is 22.1. The lowest BCUT2D eigenvalue weighted by Crippen LogP contribution is -2.37. The molecule has 0 radical (unpaired) electrons. The van der Waals surface area contributed by atoms with Crippen molar-refractivity contribution in [3.8, 4) is 6.07 Å². The molecule has 0 bridgehead atoms. The Morgan fingerprint density at radius 2 is 2.05 bits per heavy atom. The highest BCUT2D eigenvalue weighted by atomic mass is 15.2. The van der Waals surface area contributed by atoms with E-state index in [1.807, 2.05) is 24.3 Å². The van der Waals surface area contributed by atoms with Crippen molar-refractivity contribution in [2.45, 2.75) is 19.8 Å². The molecule has 1 aromatic heterocycles. The number of nitriles is 1. The van der Waals surface area contributed by atoms with Gasteiger partial charge >= 0.3 is 0 Å². The van der Waals surface area contributed by atoms with Crippen molar-refractivity contribution < 1.29 is 0 Å². The van der Waals surface area contributed by atoms with E-state index in [-0.39, 0.29) is 0 Å². The first-order valence-electron chi connectivity index (χ1n) is 7.94. The number of piperidine rings is 1. The third kappa shape index (κ3) is 2.88. The van der Waals surface area contributed by atoms with Crippen LogP contribution in [0.2, 0.25) is 0 Å². The molecule has 0 amide bonds. The smallest absolute Gasteiger partial charge is 0.187 e. The minimum Gasteiger partial charge on any atom is -0.369 e. The van der Waals surface area contributed by atoms with Gasteiger partial charge in [0.25, 0.3) is 0 Å². The van der Waals surface area contributed by atoms with Crippen molar-refractivity contribution in [2.24, 2.45) is 5.92 Å². The first-order valence-corrected chi connectivity index (χ1v) is 7.94. The Labute approximate surface area is 131 Å². The standard InChI is InChI=1S/C17H21N5/c1-2-19-12-13-7-9-22(10-8-13)17-14-5-3-4-6-15(14)20-21-16(17)11-18/h3-6,13,19H,2,7-10,12H2,1H3. The molecule has 5 nitrogen and oxygen atoms in total. The van der Waals surface area contributed by atoms with E-state index in [2.05, 4.69) is 33.4 Å². The molecule has 0 atom stereocenters. The molecule has 0 saturated carbocycles. The van der Waals surface area contributed by atoms with E-state index in [1.165, 1.54) is 0 Å². The van der Waals surface area contributed by atoms with Gasteiger partial charge < -0.3 is 10.2 Å². The highest BCUT2D eigenvalue weighted by Gasteiger charge is 2.23. The Kier molecular flexibility index (Phi) is 4.50. The summed E-state index contributed by atoms with van der Waals surface area (Å²) in [6, 6.07) is 10.1. The Bertz CT molecular complexity index is 683. The van der Waals surface area contributed by atoms with Crippen LogP contribution in [0.25, 0.3) is 10.9 Å². The van der Waals surface area contributed by atoms with Gasteiger partial charge in [0.1, 0.15) is 6.07 Å². The second kappa shape index (κ2) is 6.71. The topological polar surface area (TPSA) is 64.8 Å².